The van der Waals surface area contributed by atoms with Crippen LogP contribution in [0.2, 0.25) is 0 Å². The first-order valence-corrected chi connectivity index (χ1v) is 12.4. The summed E-state index contributed by atoms with van der Waals surface area (Å²) in [7, 11) is 2.81. The topological polar surface area (TPSA) is 68.8 Å². The Kier molecular flexibility index (Phi) is 6.85. The average Bonchev–Trinajstić information content (AvgIpc) is 3.41. The Morgan fingerprint density at radius 1 is 1.12 bits per heavy atom. The van der Waals surface area contributed by atoms with E-state index in [1.165, 1.54) is 47.4 Å². The quantitative estimate of drug-likeness (QED) is 0.145. The van der Waals surface area contributed by atoms with Gasteiger partial charge in [0.25, 0.3) is 0 Å². The summed E-state index contributed by atoms with van der Waals surface area (Å²) in [6, 6.07) is 6.22. The first-order chi connectivity index (χ1) is 19.2. The van der Waals surface area contributed by atoms with Gasteiger partial charge in [-0.05, 0) is 49.7 Å². The van der Waals surface area contributed by atoms with Gasteiger partial charge in [-0.25, -0.2) is 18.2 Å². The van der Waals surface area contributed by atoms with E-state index in [0.29, 0.717) is 18.0 Å². The maximum Gasteiger partial charge on any atom is 0.417 e. The van der Waals surface area contributed by atoms with E-state index in [0.717, 1.165) is 6.07 Å². The Labute approximate surface area is 229 Å². The molecule has 12 heteroatoms. The van der Waals surface area contributed by atoms with Crippen molar-refractivity contribution in [3.05, 3.63) is 88.3 Å². The van der Waals surface area contributed by atoms with Crippen LogP contribution in [-0.4, -0.2) is 38.1 Å². The molecule has 0 aliphatic rings. The number of carbonyl (C=O) groups excluding carboxylic acids is 1. The van der Waals surface area contributed by atoms with E-state index in [1.807, 2.05) is 0 Å². The first kappa shape index (κ1) is 28.2. The fourth-order valence-corrected chi connectivity index (χ4v) is 5.12. The number of benzene rings is 2. The maximum atomic E-state index is 14.6. The number of alkyl halides is 3. The third-order valence-corrected chi connectivity index (χ3v) is 7.00. The van der Waals surface area contributed by atoms with Gasteiger partial charge in [0.15, 0.2) is 23.2 Å². The molecule has 41 heavy (non-hydrogen) atoms. The highest BCUT2D eigenvalue weighted by atomic mass is 19.4. The van der Waals surface area contributed by atoms with Gasteiger partial charge in [-0.1, -0.05) is 6.07 Å². The number of nitrogens with zero attached hydrogens (tertiary/aromatic N) is 3. The number of pyridine rings is 1. The van der Waals surface area contributed by atoms with Crippen LogP contribution in [0.3, 0.4) is 0 Å². The smallest absolute Gasteiger partial charge is 0.417 e. The van der Waals surface area contributed by atoms with E-state index >= 15 is 0 Å². The zero-order valence-electron chi connectivity index (χ0n) is 22.2. The molecule has 5 rings (SSSR count). The molecular formula is C29H23F6N3O3. The summed E-state index contributed by atoms with van der Waals surface area (Å²) in [6.45, 7) is 3.10. The number of imidazole rings is 1. The largest absolute Gasteiger partial charge is 0.494 e. The highest BCUT2D eigenvalue weighted by molar-refractivity contribution is 6.10. The second kappa shape index (κ2) is 9.95. The van der Waals surface area contributed by atoms with E-state index in [4.69, 9.17) is 4.74 Å². The SMILES string of the molecule is COc1c(-c2cccn3c(C(=O)c4cc(F)c(F)c(F)c4)cc(CC(C)O)c23)c(C(F)(F)F)cc2c1nc(C)n2C. The van der Waals surface area contributed by atoms with Gasteiger partial charge < -0.3 is 18.8 Å². The lowest BCUT2D eigenvalue weighted by atomic mass is 9.94. The van der Waals surface area contributed by atoms with Crippen molar-refractivity contribution in [1.82, 2.24) is 14.0 Å². The summed E-state index contributed by atoms with van der Waals surface area (Å²) in [5.41, 5.74) is -1.19. The summed E-state index contributed by atoms with van der Waals surface area (Å²) >= 11 is 0. The van der Waals surface area contributed by atoms with Crippen LogP contribution >= 0.6 is 0 Å². The van der Waals surface area contributed by atoms with Gasteiger partial charge in [0, 0.05) is 36.4 Å². The molecule has 6 nitrogen and oxygen atoms in total. The number of hydrogen-bond acceptors (Lipinski definition) is 4. The summed E-state index contributed by atoms with van der Waals surface area (Å²) in [5.74, 6) is -5.50. The lowest BCUT2D eigenvalue weighted by Crippen LogP contribution is -2.11. The second-order valence-electron chi connectivity index (χ2n) is 9.75. The van der Waals surface area contributed by atoms with Crippen molar-refractivity contribution in [3.63, 3.8) is 0 Å². The number of ketones is 1. The predicted molar refractivity (Wildman–Crippen MR) is 139 cm³/mol. The lowest BCUT2D eigenvalue weighted by Gasteiger charge is -2.19. The Morgan fingerprint density at radius 3 is 2.37 bits per heavy atom. The predicted octanol–water partition coefficient (Wildman–Crippen LogP) is 6.40. The standard InChI is InChI=1S/C29H23F6N3O3/c1-13(39)8-15-11-22(27(40)16-9-19(30)24(32)20(31)10-16)38-7-5-6-17(26(15)38)23-18(29(33,34)35)12-21-25(28(23)41-4)36-14(2)37(21)3/h5-7,9-13,39H,8H2,1-4H3. The van der Waals surface area contributed by atoms with Crippen LogP contribution in [0.4, 0.5) is 26.3 Å². The minimum atomic E-state index is -4.83. The number of fused-ring (bicyclic) bond motifs is 2. The summed E-state index contributed by atoms with van der Waals surface area (Å²) in [6.07, 6.45) is -4.48. The van der Waals surface area contributed by atoms with Crippen LogP contribution in [0.25, 0.3) is 27.7 Å². The van der Waals surface area contributed by atoms with Crippen LogP contribution in [0.1, 0.15) is 39.9 Å². The molecule has 214 valence electrons. The van der Waals surface area contributed by atoms with Crippen molar-refractivity contribution in [2.24, 2.45) is 7.05 Å². The van der Waals surface area contributed by atoms with Crippen molar-refractivity contribution < 1.29 is 41.0 Å². The molecule has 3 aromatic heterocycles. The third-order valence-electron chi connectivity index (χ3n) is 7.00. The van der Waals surface area contributed by atoms with E-state index in [-0.39, 0.29) is 51.1 Å². The Hall–Kier alpha value is -4.32. The van der Waals surface area contributed by atoms with Crippen LogP contribution < -0.4 is 4.74 Å². The number of ether oxygens (including phenoxy) is 1. The number of aliphatic hydroxyl groups excluding tert-OH is 1. The molecule has 0 aliphatic heterocycles. The van der Waals surface area contributed by atoms with E-state index in [2.05, 4.69) is 4.98 Å². The fourth-order valence-electron chi connectivity index (χ4n) is 5.12. The number of aryl methyl sites for hydroxylation is 2. The van der Waals surface area contributed by atoms with Gasteiger partial charge in [0.05, 0.1) is 35.5 Å². The molecule has 1 atom stereocenters. The molecule has 0 aliphatic carbocycles. The molecule has 2 aromatic carbocycles. The van der Waals surface area contributed by atoms with Gasteiger partial charge in [-0.3, -0.25) is 4.79 Å². The monoisotopic (exact) mass is 575 g/mol. The number of aromatic nitrogens is 3. The van der Waals surface area contributed by atoms with Gasteiger partial charge >= 0.3 is 6.18 Å². The minimum Gasteiger partial charge on any atom is -0.494 e. The molecular weight excluding hydrogens is 552 g/mol. The number of methoxy groups -OCH3 is 1. The van der Waals surface area contributed by atoms with Gasteiger partial charge in [0.2, 0.25) is 5.78 Å². The number of hydrogen-bond donors (Lipinski definition) is 1. The van der Waals surface area contributed by atoms with Crippen molar-refractivity contribution >= 4 is 22.3 Å². The Bertz CT molecular complexity index is 1830. The van der Waals surface area contributed by atoms with E-state index in [1.54, 1.807) is 14.0 Å². The van der Waals surface area contributed by atoms with Crippen LogP contribution in [0.5, 0.6) is 5.75 Å². The van der Waals surface area contributed by atoms with Crippen molar-refractivity contribution in [3.8, 4) is 16.9 Å². The first-order valence-electron chi connectivity index (χ1n) is 12.4. The highest BCUT2D eigenvalue weighted by Crippen LogP contribution is 2.48. The number of carbonyl (C=O) groups is 1. The summed E-state index contributed by atoms with van der Waals surface area (Å²) in [4.78, 5) is 17.8. The molecule has 0 amide bonds. The number of aliphatic hydroxyl groups is 1. The number of halogens is 6. The van der Waals surface area contributed by atoms with Gasteiger partial charge in [-0.15, -0.1) is 0 Å². The molecule has 3 heterocycles. The van der Waals surface area contributed by atoms with E-state index < -0.39 is 46.6 Å². The third kappa shape index (κ3) is 4.61. The fraction of sp³-hybridized carbons (Fsp3) is 0.241. The molecule has 0 fully saturated rings. The highest BCUT2D eigenvalue weighted by Gasteiger charge is 2.38. The zero-order valence-corrected chi connectivity index (χ0v) is 22.2. The van der Waals surface area contributed by atoms with E-state index in [9.17, 15) is 36.2 Å². The lowest BCUT2D eigenvalue weighted by molar-refractivity contribution is -0.137. The van der Waals surface area contributed by atoms with Crippen LogP contribution in [0, 0.1) is 24.4 Å². The molecule has 1 N–H and O–H groups in total. The van der Waals surface area contributed by atoms with Gasteiger partial charge in [0.1, 0.15) is 11.3 Å². The zero-order chi connectivity index (χ0) is 30.0. The van der Waals surface area contributed by atoms with Gasteiger partial charge in [-0.2, -0.15) is 13.2 Å². The maximum absolute atomic E-state index is 14.6. The molecule has 1 unspecified atom stereocenters. The Morgan fingerprint density at radius 2 is 1.78 bits per heavy atom. The molecule has 0 saturated carbocycles. The molecule has 0 saturated heterocycles. The summed E-state index contributed by atoms with van der Waals surface area (Å²) in [5, 5.41) is 10.2. The molecule has 0 bridgehead atoms. The molecule has 0 radical (unpaired) electrons. The molecule has 5 aromatic rings. The number of rotatable bonds is 6. The van der Waals surface area contributed by atoms with Crippen LogP contribution in [0.15, 0.2) is 42.6 Å². The minimum absolute atomic E-state index is 0.0213. The van der Waals surface area contributed by atoms with Crippen molar-refractivity contribution in [1.29, 1.82) is 0 Å². The van der Waals surface area contributed by atoms with Crippen molar-refractivity contribution in [2.75, 3.05) is 7.11 Å². The normalized spacial score (nSPS) is 12.9. The second-order valence-corrected chi connectivity index (χ2v) is 9.75. The van der Waals surface area contributed by atoms with Crippen molar-refractivity contribution in [2.45, 2.75) is 32.5 Å². The average molecular weight is 576 g/mol. The van der Waals surface area contributed by atoms with Crippen LogP contribution in [-0.2, 0) is 19.6 Å². The summed E-state index contributed by atoms with van der Waals surface area (Å²) < 4.78 is 93.6. The Balaban J connectivity index is 1.88. The molecule has 0 spiro atoms.